The van der Waals surface area contributed by atoms with E-state index in [1.165, 1.54) is 0 Å². The van der Waals surface area contributed by atoms with Gasteiger partial charge in [-0.1, -0.05) is 12.8 Å². The SMILES string of the molecule is CC(O)C(C)(C)NC(=O)CC1(C(=O)O)CCCC1. The largest absolute Gasteiger partial charge is 0.481 e. The molecule has 5 nitrogen and oxygen atoms in total. The van der Waals surface area contributed by atoms with E-state index >= 15 is 0 Å². The topological polar surface area (TPSA) is 86.6 Å². The molecule has 0 saturated heterocycles. The van der Waals surface area contributed by atoms with E-state index in [-0.39, 0.29) is 12.3 Å². The molecule has 0 aliphatic heterocycles. The van der Waals surface area contributed by atoms with Crippen molar-refractivity contribution in [2.24, 2.45) is 5.41 Å². The zero-order valence-electron chi connectivity index (χ0n) is 11.3. The Labute approximate surface area is 108 Å². The number of carboxylic acid groups (broad SMARTS) is 1. The predicted octanol–water partition coefficient (Wildman–Crippen LogP) is 1.30. The zero-order chi connectivity index (χ0) is 14.0. The molecule has 0 spiro atoms. The van der Waals surface area contributed by atoms with E-state index in [2.05, 4.69) is 5.32 Å². The zero-order valence-corrected chi connectivity index (χ0v) is 11.3. The molecule has 1 aliphatic rings. The fraction of sp³-hybridized carbons (Fsp3) is 0.846. The third-order valence-electron chi connectivity index (χ3n) is 4.02. The molecule has 0 aromatic heterocycles. The number of amides is 1. The fourth-order valence-corrected chi connectivity index (χ4v) is 2.33. The Kier molecular flexibility index (Phi) is 4.37. The number of aliphatic carboxylic acids is 1. The number of hydrogen-bond donors (Lipinski definition) is 3. The van der Waals surface area contributed by atoms with Crippen molar-refractivity contribution >= 4 is 11.9 Å². The first kappa shape index (κ1) is 15.0. The summed E-state index contributed by atoms with van der Waals surface area (Å²) in [5.41, 5.74) is -1.64. The van der Waals surface area contributed by atoms with Crippen molar-refractivity contribution < 1.29 is 19.8 Å². The van der Waals surface area contributed by atoms with Gasteiger partial charge >= 0.3 is 5.97 Å². The van der Waals surface area contributed by atoms with E-state index < -0.39 is 23.0 Å². The maximum atomic E-state index is 11.9. The van der Waals surface area contributed by atoms with Gasteiger partial charge in [0.25, 0.3) is 0 Å². The van der Waals surface area contributed by atoms with Crippen molar-refractivity contribution in [3.8, 4) is 0 Å². The normalized spacial score (nSPS) is 20.4. The second-order valence-electron chi connectivity index (χ2n) is 5.92. The summed E-state index contributed by atoms with van der Waals surface area (Å²) in [4.78, 5) is 23.3. The summed E-state index contributed by atoms with van der Waals surface area (Å²) in [7, 11) is 0. The number of aliphatic hydroxyl groups is 1. The molecule has 1 fully saturated rings. The maximum absolute atomic E-state index is 11.9. The summed E-state index contributed by atoms with van der Waals surface area (Å²) in [6.07, 6.45) is 2.15. The van der Waals surface area contributed by atoms with Crippen LogP contribution < -0.4 is 5.32 Å². The lowest BCUT2D eigenvalue weighted by molar-refractivity contribution is -0.151. The van der Waals surface area contributed by atoms with Crippen molar-refractivity contribution in [3.05, 3.63) is 0 Å². The van der Waals surface area contributed by atoms with Gasteiger partial charge in [-0.15, -0.1) is 0 Å². The molecule has 1 amide bonds. The van der Waals surface area contributed by atoms with Gasteiger partial charge in [0, 0.05) is 6.42 Å². The predicted molar refractivity (Wildman–Crippen MR) is 67.1 cm³/mol. The Bertz CT molecular complexity index is 330. The molecule has 0 heterocycles. The van der Waals surface area contributed by atoms with E-state index in [1.807, 2.05) is 0 Å². The van der Waals surface area contributed by atoms with Crippen LogP contribution in [-0.4, -0.2) is 33.7 Å². The van der Waals surface area contributed by atoms with Crippen LogP contribution in [0.5, 0.6) is 0 Å². The van der Waals surface area contributed by atoms with Gasteiger partial charge in [0.15, 0.2) is 0 Å². The summed E-state index contributed by atoms with van der Waals surface area (Å²) in [5.74, 6) is -1.18. The minimum atomic E-state index is -0.904. The van der Waals surface area contributed by atoms with Gasteiger partial charge in [0.05, 0.1) is 17.1 Å². The van der Waals surface area contributed by atoms with Crippen LogP contribution in [-0.2, 0) is 9.59 Å². The minimum absolute atomic E-state index is 0.00150. The first-order valence-electron chi connectivity index (χ1n) is 6.42. The quantitative estimate of drug-likeness (QED) is 0.692. The van der Waals surface area contributed by atoms with Crippen LogP contribution in [0.25, 0.3) is 0 Å². The molecule has 18 heavy (non-hydrogen) atoms. The smallest absolute Gasteiger partial charge is 0.310 e. The Balaban J connectivity index is 2.66. The van der Waals surface area contributed by atoms with Gasteiger partial charge in [-0.05, 0) is 33.6 Å². The lowest BCUT2D eigenvalue weighted by Crippen LogP contribution is -2.52. The Morgan fingerprint density at radius 2 is 1.83 bits per heavy atom. The van der Waals surface area contributed by atoms with Crippen LogP contribution in [0.1, 0.15) is 52.9 Å². The molecule has 1 aliphatic carbocycles. The summed E-state index contributed by atoms with van der Waals surface area (Å²) in [6.45, 7) is 5.04. The molecule has 0 radical (unpaired) electrons. The van der Waals surface area contributed by atoms with Crippen LogP contribution >= 0.6 is 0 Å². The Hall–Kier alpha value is -1.10. The van der Waals surface area contributed by atoms with Gasteiger partial charge in [-0.25, -0.2) is 0 Å². The van der Waals surface area contributed by atoms with Gasteiger partial charge in [0.1, 0.15) is 0 Å². The van der Waals surface area contributed by atoms with Gasteiger partial charge in [-0.2, -0.15) is 0 Å². The number of carbonyl (C=O) groups excluding carboxylic acids is 1. The summed E-state index contributed by atoms with van der Waals surface area (Å²) >= 11 is 0. The first-order valence-corrected chi connectivity index (χ1v) is 6.42. The molecule has 104 valence electrons. The molecule has 1 atom stereocenters. The maximum Gasteiger partial charge on any atom is 0.310 e. The van der Waals surface area contributed by atoms with Crippen LogP contribution in [0.2, 0.25) is 0 Å². The van der Waals surface area contributed by atoms with Crippen molar-refractivity contribution in [2.45, 2.75) is 64.5 Å². The van der Waals surface area contributed by atoms with Crippen molar-refractivity contribution in [1.82, 2.24) is 5.32 Å². The average molecular weight is 257 g/mol. The number of carboxylic acids is 1. The molecule has 0 bridgehead atoms. The molecular formula is C13H23NO4. The number of nitrogens with one attached hydrogen (secondary N) is 1. The third kappa shape index (κ3) is 3.22. The summed E-state index contributed by atoms with van der Waals surface area (Å²) < 4.78 is 0. The monoisotopic (exact) mass is 257 g/mol. The lowest BCUT2D eigenvalue weighted by atomic mass is 9.82. The van der Waals surface area contributed by atoms with Gasteiger partial charge in [-0.3, -0.25) is 9.59 Å². The molecule has 1 rings (SSSR count). The average Bonchev–Trinajstić information content (AvgIpc) is 2.66. The number of aliphatic hydroxyl groups excluding tert-OH is 1. The summed E-state index contributed by atoms with van der Waals surface area (Å²) in [5, 5.41) is 21.5. The third-order valence-corrected chi connectivity index (χ3v) is 4.02. The molecule has 1 unspecified atom stereocenters. The highest BCUT2D eigenvalue weighted by atomic mass is 16.4. The Morgan fingerprint density at radius 3 is 2.22 bits per heavy atom. The lowest BCUT2D eigenvalue weighted by Gasteiger charge is -2.31. The highest BCUT2D eigenvalue weighted by Crippen LogP contribution is 2.41. The van der Waals surface area contributed by atoms with Crippen molar-refractivity contribution in [3.63, 3.8) is 0 Å². The summed E-state index contributed by atoms with van der Waals surface area (Å²) in [6, 6.07) is 0. The molecule has 0 aromatic rings. The van der Waals surface area contributed by atoms with E-state index in [9.17, 15) is 19.8 Å². The van der Waals surface area contributed by atoms with E-state index in [4.69, 9.17) is 0 Å². The Morgan fingerprint density at radius 1 is 1.33 bits per heavy atom. The minimum Gasteiger partial charge on any atom is -0.481 e. The molecule has 1 saturated carbocycles. The van der Waals surface area contributed by atoms with Crippen LogP contribution in [0.3, 0.4) is 0 Å². The van der Waals surface area contributed by atoms with Crippen molar-refractivity contribution in [1.29, 1.82) is 0 Å². The number of hydrogen-bond acceptors (Lipinski definition) is 3. The standard InChI is InChI=1S/C13H23NO4/c1-9(15)12(2,3)14-10(16)8-13(11(17)18)6-4-5-7-13/h9,15H,4-8H2,1-3H3,(H,14,16)(H,17,18). The van der Waals surface area contributed by atoms with E-state index in [0.29, 0.717) is 12.8 Å². The van der Waals surface area contributed by atoms with Crippen LogP contribution in [0.4, 0.5) is 0 Å². The van der Waals surface area contributed by atoms with Crippen LogP contribution in [0, 0.1) is 5.41 Å². The second kappa shape index (κ2) is 5.26. The first-order chi connectivity index (χ1) is 8.19. The molecule has 5 heteroatoms. The van der Waals surface area contributed by atoms with Gasteiger partial charge < -0.3 is 15.5 Å². The molecular weight excluding hydrogens is 234 g/mol. The highest BCUT2D eigenvalue weighted by molar-refractivity contribution is 5.85. The molecule has 3 N–H and O–H groups in total. The second-order valence-corrected chi connectivity index (χ2v) is 5.92. The van der Waals surface area contributed by atoms with E-state index in [1.54, 1.807) is 20.8 Å². The fourth-order valence-electron chi connectivity index (χ4n) is 2.33. The number of carbonyl (C=O) groups is 2. The molecule has 0 aromatic carbocycles. The van der Waals surface area contributed by atoms with Crippen molar-refractivity contribution in [2.75, 3.05) is 0 Å². The van der Waals surface area contributed by atoms with E-state index in [0.717, 1.165) is 12.8 Å². The highest BCUT2D eigenvalue weighted by Gasteiger charge is 2.43. The number of rotatable bonds is 5. The van der Waals surface area contributed by atoms with Crippen LogP contribution in [0.15, 0.2) is 0 Å². The van der Waals surface area contributed by atoms with Gasteiger partial charge in [0.2, 0.25) is 5.91 Å².